The maximum absolute atomic E-state index is 12.0. The molecule has 1 fully saturated rings. The second-order valence-electron chi connectivity index (χ2n) is 6.29. The Morgan fingerprint density at radius 1 is 1.05 bits per heavy atom. The number of hydrogen-bond acceptors (Lipinski definition) is 2. The molecule has 0 bridgehead atoms. The zero-order chi connectivity index (χ0) is 15.4. The molecular weight excluding hydrogens is 262 g/mol. The van der Waals surface area contributed by atoms with Crippen molar-refractivity contribution < 1.29 is 4.79 Å². The molecule has 1 heterocycles. The van der Waals surface area contributed by atoms with Crippen LogP contribution >= 0.6 is 0 Å². The Bertz CT molecular complexity index is 477. The third-order valence-corrected chi connectivity index (χ3v) is 3.88. The highest BCUT2D eigenvalue weighted by Gasteiger charge is 2.23. The fraction of sp³-hybridized carbons (Fsp3) is 0.588. The minimum atomic E-state index is 0.0572. The molecule has 0 saturated carbocycles. The summed E-state index contributed by atoms with van der Waals surface area (Å²) in [6, 6.07) is 8.85. The third-order valence-electron chi connectivity index (χ3n) is 3.88. The normalized spacial score (nSPS) is 15.7. The first kappa shape index (κ1) is 15.7. The SMILES string of the molecule is CC(C)NC(=O)N1CCN(c2ccccc2C(C)C)CC1. The molecule has 1 aliphatic rings. The Morgan fingerprint density at radius 3 is 2.24 bits per heavy atom. The Balaban J connectivity index is 2.00. The average molecular weight is 289 g/mol. The number of nitrogens with one attached hydrogen (secondary N) is 1. The predicted octanol–water partition coefficient (Wildman–Crippen LogP) is 3.05. The van der Waals surface area contributed by atoms with Crippen LogP contribution in [0.4, 0.5) is 10.5 Å². The van der Waals surface area contributed by atoms with Crippen LogP contribution in [0.15, 0.2) is 24.3 Å². The fourth-order valence-electron chi connectivity index (χ4n) is 2.75. The first-order valence-corrected chi connectivity index (χ1v) is 7.88. The van der Waals surface area contributed by atoms with Crippen molar-refractivity contribution in [3.05, 3.63) is 29.8 Å². The molecule has 2 amide bonds. The average Bonchev–Trinajstić information content (AvgIpc) is 2.46. The van der Waals surface area contributed by atoms with E-state index in [1.165, 1.54) is 11.3 Å². The molecule has 1 aromatic rings. The van der Waals surface area contributed by atoms with E-state index in [4.69, 9.17) is 0 Å². The van der Waals surface area contributed by atoms with Crippen molar-refractivity contribution in [2.24, 2.45) is 0 Å². The largest absolute Gasteiger partial charge is 0.368 e. The van der Waals surface area contributed by atoms with E-state index in [1.807, 2.05) is 18.7 Å². The smallest absolute Gasteiger partial charge is 0.317 e. The van der Waals surface area contributed by atoms with Gasteiger partial charge in [0.2, 0.25) is 0 Å². The van der Waals surface area contributed by atoms with Gasteiger partial charge in [-0.1, -0.05) is 32.0 Å². The molecule has 0 aliphatic carbocycles. The highest BCUT2D eigenvalue weighted by Crippen LogP contribution is 2.27. The lowest BCUT2D eigenvalue weighted by atomic mass is 10.00. The summed E-state index contributed by atoms with van der Waals surface area (Å²) in [5.41, 5.74) is 2.70. The number of amides is 2. The van der Waals surface area contributed by atoms with Gasteiger partial charge in [-0.05, 0) is 31.4 Å². The first-order valence-electron chi connectivity index (χ1n) is 7.88. The van der Waals surface area contributed by atoms with Gasteiger partial charge in [0.15, 0.2) is 0 Å². The third kappa shape index (κ3) is 3.90. The lowest BCUT2D eigenvalue weighted by molar-refractivity contribution is 0.192. The van der Waals surface area contributed by atoms with Gasteiger partial charge in [-0.15, -0.1) is 0 Å². The van der Waals surface area contributed by atoms with E-state index in [-0.39, 0.29) is 12.1 Å². The van der Waals surface area contributed by atoms with Crippen LogP contribution in [0.5, 0.6) is 0 Å². The molecule has 1 saturated heterocycles. The van der Waals surface area contributed by atoms with Gasteiger partial charge in [0, 0.05) is 37.9 Å². The van der Waals surface area contributed by atoms with Gasteiger partial charge in [0.05, 0.1) is 0 Å². The van der Waals surface area contributed by atoms with E-state index < -0.39 is 0 Å². The van der Waals surface area contributed by atoms with Gasteiger partial charge in [0.25, 0.3) is 0 Å². The van der Waals surface area contributed by atoms with Gasteiger partial charge in [-0.25, -0.2) is 4.79 Å². The highest BCUT2D eigenvalue weighted by molar-refractivity contribution is 5.74. The number of carbonyl (C=O) groups excluding carboxylic acids is 1. The van der Waals surface area contributed by atoms with Crippen LogP contribution in [0, 0.1) is 0 Å². The molecule has 0 unspecified atom stereocenters. The van der Waals surface area contributed by atoms with Crippen LogP contribution < -0.4 is 10.2 Å². The molecule has 1 aromatic carbocycles. The summed E-state index contributed by atoms with van der Waals surface area (Å²) in [5, 5.41) is 2.97. The van der Waals surface area contributed by atoms with E-state index in [0.29, 0.717) is 5.92 Å². The van der Waals surface area contributed by atoms with Crippen LogP contribution in [0.25, 0.3) is 0 Å². The number of urea groups is 1. The van der Waals surface area contributed by atoms with Crippen molar-refractivity contribution in [2.45, 2.75) is 39.7 Å². The van der Waals surface area contributed by atoms with Gasteiger partial charge in [-0.2, -0.15) is 0 Å². The molecular formula is C17H27N3O. The summed E-state index contributed by atoms with van der Waals surface area (Å²) < 4.78 is 0. The maximum Gasteiger partial charge on any atom is 0.317 e. The predicted molar refractivity (Wildman–Crippen MR) is 88.0 cm³/mol. The van der Waals surface area contributed by atoms with Crippen molar-refractivity contribution >= 4 is 11.7 Å². The minimum absolute atomic E-state index is 0.0572. The molecule has 4 heteroatoms. The molecule has 116 valence electrons. The number of para-hydroxylation sites is 1. The number of carbonyl (C=O) groups is 1. The molecule has 2 rings (SSSR count). The van der Waals surface area contributed by atoms with E-state index >= 15 is 0 Å². The van der Waals surface area contributed by atoms with Crippen LogP contribution in [0.2, 0.25) is 0 Å². The summed E-state index contributed by atoms with van der Waals surface area (Å²) in [6.07, 6.45) is 0. The monoisotopic (exact) mass is 289 g/mol. The molecule has 0 spiro atoms. The number of rotatable bonds is 3. The summed E-state index contributed by atoms with van der Waals surface area (Å²) >= 11 is 0. The molecule has 0 aromatic heterocycles. The fourth-order valence-corrected chi connectivity index (χ4v) is 2.75. The Hall–Kier alpha value is -1.71. The van der Waals surface area contributed by atoms with Crippen LogP contribution in [-0.2, 0) is 0 Å². The molecule has 0 radical (unpaired) electrons. The quantitative estimate of drug-likeness (QED) is 0.928. The number of anilines is 1. The van der Waals surface area contributed by atoms with Gasteiger partial charge in [0.1, 0.15) is 0 Å². The van der Waals surface area contributed by atoms with Gasteiger partial charge in [-0.3, -0.25) is 0 Å². The first-order chi connectivity index (χ1) is 9.99. The molecule has 0 atom stereocenters. The molecule has 1 N–H and O–H groups in total. The Kier molecular flexibility index (Phi) is 5.10. The van der Waals surface area contributed by atoms with E-state index in [0.717, 1.165) is 26.2 Å². The number of nitrogens with zero attached hydrogens (tertiary/aromatic N) is 2. The maximum atomic E-state index is 12.0. The summed E-state index contributed by atoms with van der Waals surface area (Å²) in [4.78, 5) is 16.3. The lowest BCUT2D eigenvalue weighted by Gasteiger charge is -2.37. The Morgan fingerprint density at radius 2 is 1.67 bits per heavy atom. The molecule has 21 heavy (non-hydrogen) atoms. The van der Waals surface area contributed by atoms with Crippen LogP contribution in [0.3, 0.4) is 0 Å². The van der Waals surface area contributed by atoms with Crippen molar-refractivity contribution in [1.82, 2.24) is 10.2 Å². The number of benzene rings is 1. The zero-order valence-electron chi connectivity index (χ0n) is 13.6. The highest BCUT2D eigenvalue weighted by atomic mass is 16.2. The van der Waals surface area contributed by atoms with Crippen molar-refractivity contribution in [1.29, 1.82) is 0 Å². The topological polar surface area (TPSA) is 35.6 Å². The van der Waals surface area contributed by atoms with Crippen LogP contribution in [0.1, 0.15) is 39.2 Å². The second-order valence-corrected chi connectivity index (χ2v) is 6.29. The van der Waals surface area contributed by atoms with E-state index in [1.54, 1.807) is 0 Å². The van der Waals surface area contributed by atoms with Crippen molar-refractivity contribution in [3.63, 3.8) is 0 Å². The molecule has 4 nitrogen and oxygen atoms in total. The van der Waals surface area contributed by atoms with Gasteiger partial charge < -0.3 is 15.1 Å². The summed E-state index contributed by atoms with van der Waals surface area (Å²) in [5.74, 6) is 0.517. The van der Waals surface area contributed by atoms with Crippen LogP contribution in [-0.4, -0.2) is 43.2 Å². The zero-order valence-corrected chi connectivity index (χ0v) is 13.6. The standard InChI is InChI=1S/C17H27N3O/c1-13(2)15-7-5-6-8-16(15)19-9-11-20(12-10-19)17(21)18-14(3)4/h5-8,13-14H,9-12H2,1-4H3,(H,18,21). The summed E-state index contributed by atoms with van der Waals surface area (Å²) in [7, 11) is 0. The van der Waals surface area contributed by atoms with E-state index in [2.05, 4.69) is 48.3 Å². The van der Waals surface area contributed by atoms with Crippen molar-refractivity contribution in [2.75, 3.05) is 31.1 Å². The summed E-state index contributed by atoms with van der Waals surface area (Å²) in [6.45, 7) is 11.8. The van der Waals surface area contributed by atoms with Gasteiger partial charge >= 0.3 is 6.03 Å². The second kappa shape index (κ2) is 6.83. The number of piperazine rings is 1. The van der Waals surface area contributed by atoms with E-state index in [9.17, 15) is 4.79 Å². The molecule has 1 aliphatic heterocycles. The van der Waals surface area contributed by atoms with Crippen molar-refractivity contribution in [3.8, 4) is 0 Å². The lowest BCUT2D eigenvalue weighted by Crippen LogP contribution is -2.53. The number of hydrogen-bond donors (Lipinski definition) is 1. The Labute approximate surface area is 128 Å². The minimum Gasteiger partial charge on any atom is -0.368 e.